The fraction of sp³-hybridized carbons (Fsp3) is 0.333. The molecule has 0 atom stereocenters. The zero-order chi connectivity index (χ0) is 13.0. The number of para-hydroxylation sites is 2. The van der Waals surface area contributed by atoms with Gasteiger partial charge in [0.15, 0.2) is 0 Å². The summed E-state index contributed by atoms with van der Waals surface area (Å²) in [5.74, 6) is 0. The zero-order valence-electron chi connectivity index (χ0n) is 10.1. The van der Waals surface area contributed by atoms with Crippen molar-refractivity contribution in [3.63, 3.8) is 0 Å². The molecule has 0 amide bonds. The summed E-state index contributed by atoms with van der Waals surface area (Å²) in [5, 5.41) is 3.47. The molecule has 0 radical (unpaired) electrons. The lowest BCUT2D eigenvalue weighted by atomic mass is 10.2. The maximum atomic E-state index is 12.0. The average molecular weight is 243 g/mol. The van der Waals surface area contributed by atoms with Crippen LogP contribution < -0.4 is 5.56 Å². The van der Waals surface area contributed by atoms with Crippen molar-refractivity contribution in [2.24, 2.45) is 5.11 Å². The van der Waals surface area contributed by atoms with Gasteiger partial charge in [0.2, 0.25) is 0 Å². The minimum Gasteiger partial charge on any atom is -0.305 e. The molecule has 0 N–H and O–H groups in total. The van der Waals surface area contributed by atoms with Gasteiger partial charge in [0.1, 0.15) is 5.69 Å². The van der Waals surface area contributed by atoms with Crippen LogP contribution in [-0.4, -0.2) is 16.1 Å². The van der Waals surface area contributed by atoms with Crippen molar-refractivity contribution in [3.05, 3.63) is 50.8 Å². The summed E-state index contributed by atoms with van der Waals surface area (Å²) in [4.78, 5) is 19.0. The van der Waals surface area contributed by atoms with Gasteiger partial charge in [-0.15, -0.1) is 0 Å². The topological polar surface area (TPSA) is 83.7 Å². The van der Waals surface area contributed by atoms with Crippen molar-refractivity contribution >= 4 is 11.0 Å². The first-order chi connectivity index (χ1) is 8.74. The maximum absolute atomic E-state index is 12.0. The van der Waals surface area contributed by atoms with Crippen molar-refractivity contribution in [3.8, 4) is 0 Å². The Balaban J connectivity index is 2.43. The van der Waals surface area contributed by atoms with Crippen LogP contribution in [-0.2, 0) is 6.54 Å². The van der Waals surface area contributed by atoms with Gasteiger partial charge in [0.25, 0.3) is 5.56 Å². The highest BCUT2D eigenvalue weighted by atomic mass is 16.1. The lowest BCUT2D eigenvalue weighted by molar-refractivity contribution is 0.642. The van der Waals surface area contributed by atoms with Gasteiger partial charge in [-0.05, 0) is 31.0 Å². The van der Waals surface area contributed by atoms with Gasteiger partial charge in [0, 0.05) is 18.0 Å². The van der Waals surface area contributed by atoms with E-state index in [-0.39, 0.29) is 5.56 Å². The van der Waals surface area contributed by atoms with Crippen LogP contribution in [0.25, 0.3) is 21.5 Å². The Bertz CT molecular complexity index is 670. The molecule has 1 heterocycles. The molecular weight excluding hydrogens is 230 g/mol. The Morgan fingerprint density at radius 3 is 3.00 bits per heavy atom. The first-order valence-corrected chi connectivity index (χ1v) is 5.71. The van der Waals surface area contributed by atoms with E-state index in [2.05, 4.69) is 15.0 Å². The minimum atomic E-state index is -0.0883. The Kier molecular flexibility index (Phi) is 3.60. The standard InChI is InChI=1S/C12H13N5O/c1-9-12(18)17(8-4-7-14-16-13)11-6-3-2-5-10(11)15-9/h2-3,5-6H,4,7-8H2,1H3. The van der Waals surface area contributed by atoms with Crippen LogP contribution in [0.1, 0.15) is 12.1 Å². The van der Waals surface area contributed by atoms with Crippen molar-refractivity contribution in [2.45, 2.75) is 19.9 Å². The van der Waals surface area contributed by atoms with Crippen LogP contribution in [0.15, 0.2) is 34.2 Å². The van der Waals surface area contributed by atoms with E-state index in [9.17, 15) is 4.79 Å². The largest absolute Gasteiger partial charge is 0.305 e. The Hall–Kier alpha value is -2.33. The second-order valence-corrected chi connectivity index (χ2v) is 3.95. The maximum Gasteiger partial charge on any atom is 0.272 e. The first-order valence-electron chi connectivity index (χ1n) is 5.71. The molecule has 2 aromatic rings. The average Bonchev–Trinajstić information content (AvgIpc) is 2.38. The summed E-state index contributed by atoms with van der Waals surface area (Å²) in [7, 11) is 0. The Labute approximate surface area is 104 Å². The third-order valence-electron chi connectivity index (χ3n) is 2.72. The SMILES string of the molecule is Cc1nc2ccccc2n(CCCN=[N+]=[N-])c1=O. The predicted octanol–water partition coefficient (Wildman–Crippen LogP) is 2.41. The van der Waals surface area contributed by atoms with Gasteiger partial charge in [-0.25, -0.2) is 4.98 Å². The molecule has 0 aliphatic carbocycles. The molecule has 6 nitrogen and oxygen atoms in total. The quantitative estimate of drug-likeness (QED) is 0.357. The van der Waals surface area contributed by atoms with E-state index >= 15 is 0 Å². The molecule has 0 unspecified atom stereocenters. The van der Waals surface area contributed by atoms with Gasteiger partial charge >= 0.3 is 0 Å². The van der Waals surface area contributed by atoms with Gasteiger partial charge in [-0.2, -0.15) is 0 Å². The lowest BCUT2D eigenvalue weighted by Gasteiger charge is -2.09. The highest BCUT2D eigenvalue weighted by Crippen LogP contribution is 2.10. The molecule has 0 bridgehead atoms. The van der Waals surface area contributed by atoms with Gasteiger partial charge in [-0.3, -0.25) is 4.79 Å². The van der Waals surface area contributed by atoms with Gasteiger partial charge < -0.3 is 4.57 Å². The second kappa shape index (κ2) is 5.33. The summed E-state index contributed by atoms with van der Waals surface area (Å²) in [6.07, 6.45) is 0.636. The fourth-order valence-corrected chi connectivity index (χ4v) is 1.89. The van der Waals surface area contributed by atoms with E-state index in [1.165, 1.54) is 0 Å². The first kappa shape index (κ1) is 12.1. The highest BCUT2D eigenvalue weighted by Gasteiger charge is 2.06. The highest BCUT2D eigenvalue weighted by molar-refractivity contribution is 5.74. The molecule has 0 spiro atoms. The number of fused-ring (bicyclic) bond motifs is 1. The normalized spacial score (nSPS) is 10.3. The van der Waals surface area contributed by atoms with E-state index in [0.717, 1.165) is 11.0 Å². The molecule has 2 rings (SSSR count). The molecule has 92 valence electrons. The fourth-order valence-electron chi connectivity index (χ4n) is 1.89. The van der Waals surface area contributed by atoms with Crippen molar-refractivity contribution < 1.29 is 0 Å². The van der Waals surface area contributed by atoms with Crippen LogP contribution in [0.5, 0.6) is 0 Å². The molecule has 0 fully saturated rings. The number of hydrogen-bond acceptors (Lipinski definition) is 3. The summed E-state index contributed by atoms with van der Waals surface area (Å²) >= 11 is 0. The van der Waals surface area contributed by atoms with E-state index in [0.29, 0.717) is 25.2 Å². The molecular formula is C12H13N5O. The molecule has 0 saturated heterocycles. The number of rotatable bonds is 4. The van der Waals surface area contributed by atoms with Crippen molar-refractivity contribution in [1.82, 2.24) is 9.55 Å². The second-order valence-electron chi connectivity index (χ2n) is 3.95. The smallest absolute Gasteiger partial charge is 0.272 e. The predicted molar refractivity (Wildman–Crippen MR) is 69.4 cm³/mol. The number of azide groups is 1. The summed E-state index contributed by atoms with van der Waals surface area (Å²) in [6.45, 7) is 2.62. The van der Waals surface area contributed by atoms with Gasteiger partial charge in [-0.1, -0.05) is 17.2 Å². The molecule has 6 heteroatoms. The third kappa shape index (κ3) is 2.33. The summed E-state index contributed by atoms with van der Waals surface area (Å²) < 4.78 is 1.69. The Morgan fingerprint density at radius 2 is 2.22 bits per heavy atom. The van der Waals surface area contributed by atoms with E-state index in [4.69, 9.17) is 5.53 Å². The summed E-state index contributed by atoms with van der Waals surface area (Å²) in [6, 6.07) is 7.52. The Morgan fingerprint density at radius 1 is 1.44 bits per heavy atom. The van der Waals surface area contributed by atoms with Crippen LogP contribution in [0.4, 0.5) is 0 Å². The molecule has 1 aromatic heterocycles. The molecule has 0 saturated carbocycles. The molecule has 0 aliphatic rings. The lowest BCUT2D eigenvalue weighted by Crippen LogP contribution is -2.24. The number of hydrogen-bond donors (Lipinski definition) is 0. The van der Waals surface area contributed by atoms with Gasteiger partial charge in [0.05, 0.1) is 11.0 Å². The van der Waals surface area contributed by atoms with E-state index < -0.39 is 0 Å². The number of aryl methyl sites for hydroxylation is 2. The summed E-state index contributed by atoms with van der Waals surface area (Å²) in [5.41, 5.74) is 10.2. The van der Waals surface area contributed by atoms with Crippen molar-refractivity contribution in [2.75, 3.05) is 6.54 Å². The zero-order valence-corrected chi connectivity index (χ0v) is 10.1. The van der Waals surface area contributed by atoms with Crippen molar-refractivity contribution in [1.29, 1.82) is 0 Å². The molecule has 1 aromatic carbocycles. The van der Waals surface area contributed by atoms with Crippen LogP contribution in [0, 0.1) is 6.92 Å². The molecule has 18 heavy (non-hydrogen) atoms. The van der Waals surface area contributed by atoms with E-state index in [1.807, 2.05) is 24.3 Å². The number of nitrogens with zero attached hydrogens (tertiary/aromatic N) is 5. The number of benzene rings is 1. The van der Waals surface area contributed by atoms with Crippen LogP contribution in [0.2, 0.25) is 0 Å². The molecule has 0 aliphatic heterocycles. The minimum absolute atomic E-state index is 0.0883. The number of aromatic nitrogens is 2. The van der Waals surface area contributed by atoms with Crippen LogP contribution in [0.3, 0.4) is 0 Å². The monoisotopic (exact) mass is 243 g/mol. The third-order valence-corrected chi connectivity index (χ3v) is 2.72. The van der Waals surface area contributed by atoms with Crippen LogP contribution >= 0.6 is 0 Å². The van der Waals surface area contributed by atoms with E-state index in [1.54, 1.807) is 11.5 Å².